The van der Waals surface area contributed by atoms with Crippen molar-refractivity contribution in [3.63, 3.8) is 0 Å². The van der Waals surface area contributed by atoms with Gasteiger partial charge >= 0.3 is 0 Å². The van der Waals surface area contributed by atoms with E-state index in [0.717, 1.165) is 22.9 Å². The van der Waals surface area contributed by atoms with E-state index in [9.17, 15) is 0 Å². The lowest BCUT2D eigenvalue weighted by molar-refractivity contribution is 0.394. The van der Waals surface area contributed by atoms with Crippen LogP contribution in [-0.2, 0) is 6.54 Å². The highest BCUT2D eigenvalue weighted by Crippen LogP contribution is 2.25. The number of nitrogens with zero attached hydrogens (tertiary/aromatic N) is 1. The van der Waals surface area contributed by atoms with E-state index in [0.29, 0.717) is 6.54 Å². The lowest BCUT2D eigenvalue weighted by Gasteiger charge is -2.09. The van der Waals surface area contributed by atoms with Crippen LogP contribution in [0.1, 0.15) is 5.69 Å². The Labute approximate surface area is 99.8 Å². The molecule has 0 spiro atoms. The molecule has 0 aliphatic heterocycles. The maximum absolute atomic E-state index is 5.19. The van der Waals surface area contributed by atoms with Gasteiger partial charge in [0.2, 0.25) is 0 Å². The molecule has 90 valence electrons. The van der Waals surface area contributed by atoms with Crippen LogP contribution in [0.2, 0.25) is 0 Å². The Morgan fingerprint density at radius 1 is 1.18 bits per heavy atom. The zero-order valence-electron chi connectivity index (χ0n) is 9.86. The van der Waals surface area contributed by atoms with Crippen molar-refractivity contribution in [2.75, 3.05) is 19.5 Å². The minimum atomic E-state index is 0.677. The molecule has 0 unspecified atom stereocenters. The average Bonchev–Trinajstić information content (AvgIpc) is 2.89. The normalized spacial score (nSPS) is 10.0. The second-order valence-electron chi connectivity index (χ2n) is 3.53. The third kappa shape index (κ3) is 2.90. The molecule has 1 aromatic carbocycles. The van der Waals surface area contributed by atoms with Gasteiger partial charge in [0.05, 0.1) is 32.8 Å². The standard InChI is InChI=1S/C12H15N3O2/c1-16-11-3-9(4-12(5-11)17-2)14-7-10-6-13-8-15-10/h3-6,8,14H,7H2,1-2H3,(H,13,15). The molecule has 0 bridgehead atoms. The summed E-state index contributed by atoms with van der Waals surface area (Å²) in [6.45, 7) is 0.677. The van der Waals surface area contributed by atoms with Gasteiger partial charge in [-0.05, 0) is 0 Å². The van der Waals surface area contributed by atoms with E-state index in [-0.39, 0.29) is 0 Å². The van der Waals surface area contributed by atoms with Gasteiger partial charge in [-0.2, -0.15) is 0 Å². The fourth-order valence-electron chi connectivity index (χ4n) is 1.49. The van der Waals surface area contributed by atoms with E-state index in [2.05, 4.69) is 15.3 Å². The molecule has 0 aliphatic rings. The van der Waals surface area contributed by atoms with Crippen molar-refractivity contribution in [3.05, 3.63) is 36.4 Å². The number of anilines is 1. The first kappa shape index (κ1) is 11.3. The monoisotopic (exact) mass is 233 g/mol. The average molecular weight is 233 g/mol. The van der Waals surface area contributed by atoms with Crippen LogP contribution in [0.4, 0.5) is 5.69 Å². The molecule has 0 radical (unpaired) electrons. The molecule has 0 aliphatic carbocycles. The zero-order valence-corrected chi connectivity index (χ0v) is 9.86. The molecule has 2 rings (SSSR count). The molecule has 17 heavy (non-hydrogen) atoms. The Balaban J connectivity index is 2.09. The first-order valence-electron chi connectivity index (χ1n) is 5.26. The summed E-state index contributed by atoms with van der Waals surface area (Å²) in [4.78, 5) is 6.99. The number of methoxy groups -OCH3 is 2. The Morgan fingerprint density at radius 3 is 2.41 bits per heavy atom. The largest absolute Gasteiger partial charge is 0.497 e. The number of hydrogen-bond donors (Lipinski definition) is 2. The van der Waals surface area contributed by atoms with Gasteiger partial charge < -0.3 is 19.8 Å². The molecule has 0 amide bonds. The summed E-state index contributed by atoms with van der Waals surface area (Å²) in [7, 11) is 3.26. The molecule has 0 saturated carbocycles. The molecule has 2 aromatic rings. The van der Waals surface area contributed by atoms with Crippen LogP contribution in [0, 0.1) is 0 Å². The number of aromatic nitrogens is 2. The Hall–Kier alpha value is -2.17. The summed E-state index contributed by atoms with van der Waals surface area (Å²) in [5, 5.41) is 3.27. The maximum Gasteiger partial charge on any atom is 0.124 e. The summed E-state index contributed by atoms with van der Waals surface area (Å²) in [6, 6.07) is 5.67. The molecule has 0 fully saturated rings. The first-order valence-corrected chi connectivity index (χ1v) is 5.26. The topological polar surface area (TPSA) is 59.2 Å². The van der Waals surface area contributed by atoms with Crippen molar-refractivity contribution in [2.45, 2.75) is 6.54 Å². The van der Waals surface area contributed by atoms with E-state index in [4.69, 9.17) is 9.47 Å². The van der Waals surface area contributed by atoms with Crippen molar-refractivity contribution >= 4 is 5.69 Å². The number of rotatable bonds is 5. The molecule has 5 heteroatoms. The van der Waals surface area contributed by atoms with Crippen LogP contribution in [0.5, 0.6) is 11.5 Å². The number of hydrogen-bond acceptors (Lipinski definition) is 4. The summed E-state index contributed by atoms with van der Waals surface area (Å²) in [5.74, 6) is 1.52. The second kappa shape index (κ2) is 5.25. The number of benzene rings is 1. The van der Waals surface area contributed by atoms with Gasteiger partial charge in [-0.25, -0.2) is 4.98 Å². The van der Waals surface area contributed by atoms with Crippen molar-refractivity contribution < 1.29 is 9.47 Å². The van der Waals surface area contributed by atoms with Crippen LogP contribution in [0.25, 0.3) is 0 Å². The summed E-state index contributed by atoms with van der Waals surface area (Å²) >= 11 is 0. The smallest absolute Gasteiger partial charge is 0.124 e. The second-order valence-corrected chi connectivity index (χ2v) is 3.53. The third-order valence-corrected chi connectivity index (χ3v) is 2.39. The van der Waals surface area contributed by atoms with E-state index in [1.807, 2.05) is 18.2 Å². The SMILES string of the molecule is COc1cc(NCc2cnc[nH]2)cc(OC)c1. The Morgan fingerprint density at radius 2 is 1.88 bits per heavy atom. The van der Waals surface area contributed by atoms with Crippen molar-refractivity contribution in [2.24, 2.45) is 0 Å². The Bertz CT molecular complexity index is 446. The molecular weight excluding hydrogens is 218 g/mol. The first-order chi connectivity index (χ1) is 8.31. The fourth-order valence-corrected chi connectivity index (χ4v) is 1.49. The third-order valence-electron chi connectivity index (χ3n) is 2.39. The predicted molar refractivity (Wildman–Crippen MR) is 65.5 cm³/mol. The number of nitrogens with one attached hydrogen (secondary N) is 2. The number of imidazole rings is 1. The number of ether oxygens (including phenoxy) is 2. The van der Waals surface area contributed by atoms with Gasteiger partial charge in [0.25, 0.3) is 0 Å². The predicted octanol–water partition coefficient (Wildman–Crippen LogP) is 2.04. The number of H-pyrrole nitrogens is 1. The summed E-state index contributed by atoms with van der Waals surface area (Å²) in [6.07, 6.45) is 3.44. The maximum atomic E-state index is 5.19. The molecule has 5 nitrogen and oxygen atoms in total. The van der Waals surface area contributed by atoms with Gasteiger partial charge in [0.1, 0.15) is 11.5 Å². The minimum absolute atomic E-state index is 0.677. The van der Waals surface area contributed by atoms with Crippen LogP contribution < -0.4 is 14.8 Å². The van der Waals surface area contributed by atoms with Crippen LogP contribution in [-0.4, -0.2) is 24.2 Å². The van der Waals surface area contributed by atoms with E-state index in [1.54, 1.807) is 26.7 Å². The molecular formula is C12H15N3O2. The highest BCUT2D eigenvalue weighted by Gasteiger charge is 2.02. The highest BCUT2D eigenvalue weighted by atomic mass is 16.5. The van der Waals surface area contributed by atoms with Crippen LogP contribution >= 0.6 is 0 Å². The number of aromatic amines is 1. The zero-order chi connectivity index (χ0) is 12.1. The molecule has 0 atom stereocenters. The van der Waals surface area contributed by atoms with E-state index < -0.39 is 0 Å². The molecule has 0 saturated heterocycles. The molecule has 2 N–H and O–H groups in total. The molecule has 1 aromatic heterocycles. The van der Waals surface area contributed by atoms with Crippen LogP contribution in [0.3, 0.4) is 0 Å². The summed E-state index contributed by atoms with van der Waals surface area (Å²) in [5.41, 5.74) is 1.96. The minimum Gasteiger partial charge on any atom is -0.497 e. The van der Waals surface area contributed by atoms with Gasteiger partial charge in [-0.3, -0.25) is 0 Å². The van der Waals surface area contributed by atoms with E-state index in [1.165, 1.54) is 0 Å². The van der Waals surface area contributed by atoms with Crippen molar-refractivity contribution in [1.29, 1.82) is 0 Å². The fraction of sp³-hybridized carbons (Fsp3) is 0.250. The van der Waals surface area contributed by atoms with Crippen molar-refractivity contribution in [3.8, 4) is 11.5 Å². The van der Waals surface area contributed by atoms with Gasteiger partial charge in [0.15, 0.2) is 0 Å². The van der Waals surface area contributed by atoms with Gasteiger partial charge in [-0.1, -0.05) is 0 Å². The highest BCUT2D eigenvalue weighted by molar-refractivity contribution is 5.53. The summed E-state index contributed by atoms with van der Waals surface area (Å²) < 4.78 is 10.4. The molecule has 1 heterocycles. The lowest BCUT2D eigenvalue weighted by Crippen LogP contribution is -2.00. The van der Waals surface area contributed by atoms with Gasteiger partial charge in [-0.15, -0.1) is 0 Å². The van der Waals surface area contributed by atoms with E-state index >= 15 is 0 Å². The Kier molecular flexibility index (Phi) is 3.49. The van der Waals surface area contributed by atoms with Crippen LogP contribution in [0.15, 0.2) is 30.7 Å². The lowest BCUT2D eigenvalue weighted by atomic mass is 10.2. The quantitative estimate of drug-likeness (QED) is 0.829. The van der Waals surface area contributed by atoms with Gasteiger partial charge in [0, 0.05) is 30.1 Å². The van der Waals surface area contributed by atoms with Crippen molar-refractivity contribution in [1.82, 2.24) is 9.97 Å².